The zero-order valence-corrected chi connectivity index (χ0v) is 15.7. The molecule has 0 radical (unpaired) electrons. The minimum Gasteiger partial charge on any atom is -0.383 e. The Kier molecular flexibility index (Phi) is 5.07. The van der Waals surface area contributed by atoms with E-state index in [9.17, 15) is 9.59 Å². The predicted molar refractivity (Wildman–Crippen MR) is 114 cm³/mol. The Morgan fingerprint density at radius 1 is 0.897 bits per heavy atom. The summed E-state index contributed by atoms with van der Waals surface area (Å²) in [4.78, 5) is 28.2. The first-order valence-electron chi connectivity index (χ1n) is 9.27. The molecule has 1 heterocycles. The van der Waals surface area contributed by atoms with Gasteiger partial charge in [0.15, 0.2) is 0 Å². The van der Waals surface area contributed by atoms with Gasteiger partial charge in [-0.2, -0.15) is 4.98 Å². The van der Waals surface area contributed by atoms with Crippen LogP contribution in [0.2, 0.25) is 0 Å². The molecule has 3 N–H and O–H groups in total. The lowest BCUT2D eigenvalue weighted by atomic mass is 9.99. The van der Waals surface area contributed by atoms with Crippen molar-refractivity contribution >= 4 is 22.5 Å². The third-order valence-corrected chi connectivity index (χ3v) is 4.82. The standard InChI is InChI=1S/C23H20N4O2/c24-21-12-13-27(23(29)26-21)15-18-11-10-17(19-8-4-5-9-20(18)19)14-25-22(28)16-6-2-1-3-7-16/h1-13H,14-15H2,(H,25,28)(H2,24,26,29). The molecule has 144 valence electrons. The Balaban J connectivity index is 1.61. The molecule has 0 aliphatic carbocycles. The second-order valence-electron chi connectivity index (χ2n) is 6.74. The third kappa shape index (κ3) is 4.01. The van der Waals surface area contributed by atoms with Gasteiger partial charge < -0.3 is 11.1 Å². The van der Waals surface area contributed by atoms with Gasteiger partial charge in [-0.25, -0.2) is 4.79 Å². The van der Waals surface area contributed by atoms with Crippen LogP contribution < -0.4 is 16.7 Å². The quantitative estimate of drug-likeness (QED) is 0.554. The van der Waals surface area contributed by atoms with Gasteiger partial charge in [-0.1, -0.05) is 54.6 Å². The fourth-order valence-corrected chi connectivity index (χ4v) is 3.33. The van der Waals surface area contributed by atoms with Gasteiger partial charge in [-0.05, 0) is 40.1 Å². The van der Waals surface area contributed by atoms with E-state index in [1.54, 1.807) is 24.4 Å². The van der Waals surface area contributed by atoms with E-state index in [4.69, 9.17) is 5.73 Å². The van der Waals surface area contributed by atoms with E-state index in [1.807, 2.05) is 54.6 Å². The summed E-state index contributed by atoms with van der Waals surface area (Å²) in [7, 11) is 0. The van der Waals surface area contributed by atoms with E-state index >= 15 is 0 Å². The Morgan fingerprint density at radius 3 is 2.28 bits per heavy atom. The van der Waals surface area contributed by atoms with Crippen molar-refractivity contribution in [2.75, 3.05) is 5.73 Å². The molecule has 0 aliphatic rings. The van der Waals surface area contributed by atoms with Crippen LogP contribution in [0.3, 0.4) is 0 Å². The molecule has 0 saturated heterocycles. The van der Waals surface area contributed by atoms with Crippen LogP contribution in [0.15, 0.2) is 83.8 Å². The second-order valence-corrected chi connectivity index (χ2v) is 6.74. The summed E-state index contributed by atoms with van der Waals surface area (Å²) in [5, 5.41) is 5.04. The van der Waals surface area contributed by atoms with Crippen LogP contribution in [-0.2, 0) is 13.1 Å². The van der Waals surface area contributed by atoms with Crippen molar-refractivity contribution in [3.63, 3.8) is 0 Å². The number of anilines is 1. The summed E-state index contributed by atoms with van der Waals surface area (Å²) >= 11 is 0. The van der Waals surface area contributed by atoms with E-state index in [-0.39, 0.29) is 17.4 Å². The summed E-state index contributed by atoms with van der Waals surface area (Å²) < 4.78 is 1.52. The van der Waals surface area contributed by atoms with Crippen molar-refractivity contribution in [3.8, 4) is 0 Å². The van der Waals surface area contributed by atoms with Gasteiger partial charge in [0.2, 0.25) is 0 Å². The third-order valence-electron chi connectivity index (χ3n) is 4.82. The number of nitrogens with one attached hydrogen (secondary N) is 1. The highest BCUT2D eigenvalue weighted by Crippen LogP contribution is 2.23. The maximum Gasteiger partial charge on any atom is 0.349 e. The normalized spacial score (nSPS) is 10.8. The topological polar surface area (TPSA) is 90.0 Å². The van der Waals surface area contributed by atoms with E-state index in [0.717, 1.165) is 21.9 Å². The van der Waals surface area contributed by atoms with Crippen LogP contribution in [0, 0.1) is 0 Å². The maximum absolute atomic E-state index is 12.4. The van der Waals surface area contributed by atoms with Gasteiger partial charge in [0.05, 0.1) is 6.54 Å². The highest BCUT2D eigenvalue weighted by atomic mass is 16.2. The van der Waals surface area contributed by atoms with Gasteiger partial charge >= 0.3 is 5.69 Å². The fourth-order valence-electron chi connectivity index (χ4n) is 3.33. The fraction of sp³-hybridized carbons (Fsp3) is 0.0870. The summed E-state index contributed by atoms with van der Waals surface area (Å²) in [5.74, 6) is 0.0962. The molecule has 0 bridgehead atoms. The molecule has 0 spiro atoms. The lowest BCUT2D eigenvalue weighted by Crippen LogP contribution is -2.24. The SMILES string of the molecule is Nc1ccn(Cc2ccc(CNC(=O)c3ccccc3)c3ccccc23)c(=O)n1. The Hall–Kier alpha value is -3.93. The number of nitrogens with zero attached hydrogens (tertiary/aromatic N) is 2. The molecule has 1 aromatic heterocycles. The lowest BCUT2D eigenvalue weighted by molar-refractivity contribution is 0.0951. The van der Waals surface area contributed by atoms with Gasteiger partial charge in [-0.3, -0.25) is 9.36 Å². The highest BCUT2D eigenvalue weighted by molar-refractivity contribution is 5.94. The summed E-state index contributed by atoms with van der Waals surface area (Å²) in [6.45, 7) is 0.807. The van der Waals surface area contributed by atoms with Crippen LogP contribution in [0.4, 0.5) is 5.82 Å². The molecule has 0 aliphatic heterocycles. The van der Waals surface area contributed by atoms with Crippen LogP contribution >= 0.6 is 0 Å². The van der Waals surface area contributed by atoms with Crippen molar-refractivity contribution in [2.45, 2.75) is 13.1 Å². The molecule has 0 unspecified atom stereocenters. The molecule has 4 aromatic rings. The van der Waals surface area contributed by atoms with Crippen molar-refractivity contribution in [2.24, 2.45) is 0 Å². The molecular weight excluding hydrogens is 364 g/mol. The predicted octanol–water partition coefficient (Wildman–Crippen LogP) is 2.96. The van der Waals surface area contributed by atoms with E-state index < -0.39 is 0 Å². The van der Waals surface area contributed by atoms with Gasteiger partial charge in [-0.15, -0.1) is 0 Å². The van der Waals surface area contributed by atoms with Crippen LogP contribution in [0.1, 0.15) is 21.5 Å². The van der Waals surface area contributed by atoms with Crippen LogP contribution in [-0.4, -0.2) is 15.5 Å². The maximum atomic E-state index is 12.4. The number of hydrogen-bond donors (Lipinski definition) is 2. The first-order valence-corrected chi connectivity index (χ1v) is 9.27. The number of nitrogens with two attached hydrogens (primary N) is 1. The number of benzene rings is 3. The van der Waals surface area contributed by atoms with Crippen molar-refractivity contribution in [1.29, 1.82) is 0 Å². The van der Waals surface area contributed by atoms with Gasteiger partial charge in [0, 0.05) is 18.3 Å². The molecule has 29 heavy (non-hydrogen) atoms. The van der Waals surface area contributed by atoms with E-state index in [0.29, 0.717) is 18.7 Å². The number of amides is 1. The average Bonchev–Trinajstić information content (AvgIpc) is 2.75. The molecule has 6 heteroatoms. The van der Waals surface area contributed by atoms with Crippen LogP contribution in [0.5, 0.6) is 0 Å². The average molecular weight is 384 g/mol. The zero-order valence-electron chi connectivity index (χ0n) is 15.7. The molecule has 0 saturated carbocycles. The molecule has 3 aromatic carbocycles. The lowest BCUT2D eigenvalue weighted by Gasteiger charge is -2.13. The van der Waals surface area contributed by atoms with Gasteiger partial charge in [0.1, 0.15) is 5.82 Å². The molecule has 6 nitrogen and oxygen atoms in total. The van der Waals surface area contributed by atoms with E-state index in [1.165, 1.54) is 4.57 Å². The van der Waals surface area contributed by atoms with Crippen molar-refractivity contribution < 1.29 is 4.79 Å². The number of carbonyl (C=O) groups excluding carboxylic acids is 1. The number of rotatable bonds is 5. The number of fused-ring (bicyclic) bond motifs is 1. The van der Waals surface area contributed by atoms with Gasteiger partial charge in [0.25, 0.3) is 5.91 Å². The molecular formula is C23H20N4O2. The summed E-state index contributed by atoms with van der Waals surface area (Å²) in [5.41, 5.74) is 7.82. The Morgan fingerprint density at radius 2 is 1.55 bits per heavy atom. The number of carbonyl (C=O) groups is 1. The largest absolute Gasteiger partial charge is 0.383 e. The number of nitrogen functional groups attached to an aromatic ring is 1. The number of aromatic nitrogens is 2. The zero-order chi connectivity index (χ0) is 20.2. The van der Waals surface area contributed by atoms with Crippen molar-refractivity contribution in [1.82, 2.24) is 14.9 Å². The smallest absolute Gasteiger partial charge is 0.349 e. The van der Waals surface area contributed by atoms with E-state index in [2.05, 4.69) is 10.3 Å². The Labute approximate surface area is 167 Å². The minimum atomic E-state index is -0.381. The molecule has 4 rings (SSSR count). The second kappa shape index (κ2) is 7.98. The summed E-state index contributed by atoms with van der Waals surface area (Å²) in [6, 6.07) is 22.7. The Bertz CT molecular complexity index is 1230. The first-order chi connectivity index (χ1) is 14.1. The number of hydrogen-bond acceptors (Lipinski definition) is 4. The monoisotopic (exact) mass is 384 g/mol. The molecule has 1 amide bonds. The van der Waals surface area contributed by atoms with Crippen molar-refractivity contribution in [3.05, 3.63) is 106 Å². The molecule has 0 fully saturated rings. The first kappa shape index (κ1) is 18.4. The summed E-state index contributed by atoms with van der Waals surface area (Å²) in [6.07, 6.45) is 1.65. The van der Waals surface area contributed by atoms with Crippen LogP contribution in [0.25, 0.3) is 10.8 Å². The minimum absolute atomic E-state index is 0.113. The molecule has 0 atom stereocenters. The highest BCUT2D eigenvalue weighted by Gasteiger charge is 2.10.